The van der Waals surface area contributed by atoms with E-state index in [1.165, 1.54) is 0 Å². The van der Waals surface area contributed by atoms with Crippen LogP contribution in [-0.2, 0) is 17.3 Å². The topological polar surface area (TPSA) is 77.3 Å². The number of guanidine groups is 1. The Balaban J connectivity index is 0.00000312. The molecule has 0 aromatic heterocycles. The van der Waals surface area contributed by atoms with Crippen LogP contribution in [0, 0.1) is 11.3 Å². The van der Waals surface area contributed by atoms with Gasteiger partial charge in [0.2, 0.25) is 0 Å². The Morgan fingerprint density at radius 3 is 2.68 bits per heavy atom. The summed E-state index contributed by atoms with van der Waals surface area (Å²) in [7, 11) is 1.05. The van der Waals surface area contributed by atoms with E-state index in [2.05, 4.69) is 21.7 Å². The molecule has 3 atom stereocenters. The molecule has 0 aliphatic heterocycles. The maximum absolute atomic E-state index is 12.0. The molecular weight excluding hydrogens is 447 g/mol. The van der Waals surface area contributed by atoms with Crippen LogP contribution in [0.1, 0.15) is 43.7 Å². The van der Waals surface area contributed by atoms with Crippen molar-refractivity contribution >= 4 is 40.7 Å². The summed E-state index contributed by atoms with van der Waals surface area (Å²) in [6.07, 6.45) is 4.21. The maximum Gasteiger partial charge on any atom is 0.191 e. The van der Waals surface area contributed by atoms with Gasteiger partial charge in [0.15, 0.2) is 5.96 Å². The number of nitriles is 1. The fourth-order valence-corrected chi connectivity index (χ4v) is 4.37. The number of rotatable bonds is 5. The van der Waals surface area contributed by atoms with Crippen molar-refractivity contribution < 1.29 is 4.21 Å². The van der Waals surface area contributed by atoms with Crippen LogP contribution < -0.4 is 10.6 Å². The molecule has 5 nitrogen and oxygen atoms in total. The van der Waals surface area contributed by atoms with Crippen LogP contribution in [0.2, 0.25) is 0 Å². The molecule has 0 bridgehead atoms. The molecule has 7 heteroatoms. The smallest absolute Gasteiger partial charge is 0.191 e. The molecule has 1 aliphatic rings. The highest BCUT2D eigenvalue weighted by atomic mass is 127. The van der Waals surface area contributed by atoms with Crippen molar-refractivity contribution in [3.8, 4) is 6.07 Å². The minimum Gasteiger partial charge on any atom is -0.354 e. The van der Waals surface area contributed by atoms with E-state index in [0.717, 1.165) is 43.0 Å². The number of nitrogens with zero attached hydrogens (tertiary/aromatic N) is 2. The Bertz CT molecular complexity index is 627. The fourth-order valence-electron chi connectivity index (χ4n) is 3.02. The van der Waals surface area contributed by atoms with Gasteiger partial charge in [0.25, 0.3) is 0 Å². The molecule has 2 N–H and O–H groups in total. The first kappa shape index (κ1) is 21.9. The van der Waals surface area contributed by atoms with Gasteiger partial charge in [0.1, 0.15) is 0 Å². The van der Waals surface area contributed by atoms with Crippen LogP contribution in [0.25, 0.3) is 0 Å². The highest BCUT2D eigenvalue weighted by molar-refractivity contribution is 14.0. The molecule has 25 heavy (non-hydrogen) atoms. The summed E-state index contributed by atoms with van der Waals surface area (Å²) in [6, 6.07) is 9.97. The van der Waals surface area contributed by atoms with Crippen LogP contribution >= 0.6 is 24.0 Å². The fraction of sp³-hybridized carbons (Fsp3) is 0.556. The average molecular weight is 474 g/mol. The van der Waals surface area contributed by atoms with Crippen LogP contribution in [0.4, 0.5) is 0 Å². The third kappa shape index (κ3) is 6.94. The quantitative estimate of drug-likeness (QED) is 0.391. The van der Waals surface area contributed by atoms with E-state index >= 15 is 0 Å². The summed E-state index contributed by atoms with van der Waals surface area (Å²) in [5.74, 6) is 1.51. The van der Waals surface area contributed by atoms with E-state index < -0.39 is 10.8 Å². The van der Waals surface area contributed by atoms with Crippen molar-refractivity contribution in [2.24, 2.45) is 4.99 Å². The molecule has 0 spiro atoms. The minimum atomic E-state index is -0.714. The molecule has 0 heterocycles. The number of hydrogen-bond donors (Lipinski definition) is 2. The Hall–Kier alpha value is -1.14. The van der Waals surface area contributed by atoms with E-state index in [-0.39, 0.29) is 24.0 Å². The van der Waals surface area contributed by atoms with Crippen molar-refractivity contribution in [1.29, 1.82) is 5.26 Å². The van der Waals surface area contributed by atoms with Gasteiger partial charge in [-0.15, -0.1) is 24.0 Å². The summed E-state index contributed by atoms with van der Waals surface area (Å²) in [6.45, 7) is 2.65. The SMILES string of the molecule is CCS(=O)C1CCCC(NC(=NC)NCc2ccc(C#N)cc2)C1.I. The van der Waals surface area contributed by atoms with Crippen LogP contribution in [0.5, 0.6) is 0 Å². The molecule has 3 unspecified atom stereocenters. The Morgan fingerprint density at radius 2 is 2.08 bits per heavy atom. The van der Waals surface area contributed by atoms with Crippen molar-refractivity contribution in [3.63, 3.8) is 0 Å². The number of benzene rings is 1. The normalized spacial score (nSPS) is 21.6. The van der Waals surface area contributed by atoms with E-state index in [1.54, 1.807) is 7.05 Å². The third-order valence-corrected chi connectivity index (χ3v) is 6.13. The molecule has 138 valence electrons. The van der Waals surface area contributed by atoms with Gasteiger partial charge in [-0.1, -0.05) is 25.5 Å². The molecule has 0 amide bonds. The van der Waals surface area contributed by atoms with Crippen LogP contribution in [0.15, 0.2) is 29.3 Å². The Labute approximate surface area is 170 Å². The molecule has 0 radical (unpaired) electrons. The Kier molecular flexibility index (Phi) is 10.0. The molecule has 1 fully saturated rings. The second-order valence-electron chi connectivity index (χ2n) is 6.03. The second kappa shape index (κ2) is 11.5. The molecular formula is C18H27IN4OS. The zero-order valence-corrected chi connectivity index (χ0v) is 18.0. The third-order valence-electron chi connectivity index (χ3n) is 4.39. The predicted molar refractivity (Wildman–Crippen MR) is 115 cm³/mol. The van der Waals surface area contributed by atoms with Gasteiger partial charge in [-0.25, -0.2) is 0 Å². The van der Waals surface area contributed by atoms with E-state index in [4.69, 9.17) is 5.26 Å². The van der Waals surface area contributed by atoms with Gasteiger partial charge >= 0.3 is 0 Å². The lowest BCUT2D eigenvalue weighted by Crippen LogP contribution is -2.46. The monoisotopic (exact) mass is 474 g/mol. The summed E-state index contributed by atoms with van der Waals surface area (Å²) < 4.78 is 12.0. The lowest BCUT2D eigenvalue weighted by atomic mass is 9.95. The number of halogens is 1. The zero-order valence-electron chi connectivity index (χ0n) is 14.8. The molecule has 1 aromatic carbocycles. The van der Waals surface area contributed by atoms with Gasteiger partial charge in [-0.05, 0) is 37.0 Å². The van der Waals surface area contributed by atoms with Crippen LogP contribution in [-0.4, -0.2) is 34.3 Å². The lowest BCUT2D eigenvalue weighted by Gasteiger charge is -2.30. The van der Waals surface area contributed by atoms with Gasteiger partial charge < -0.3 is 10.6 Å². The van der Waals surface area contributed by atoms with E-state index in [9.17, 15) is 4.21 Å². The second-order valence-corrected chi connectivity index (χ2v) is 8.04. The predicted octanol–water partition coefficient (Wildman–Crippen LogP) is 2.92. The van der Waals surface area contributed by atoms with Crippen molar-refractivity contribution in [2.45, 2.75) is 50.4 Å². The first-order valence-electron chi connectivity index (χ1n) is 8.49. The van der Waals surface area contributed by atoms with Gasteiger partial charge in [0.05, 0.1) is 11.6 Å². The van der Waals surface area contributed by atoms with Gasteiger partial charge in [0, 0.05) is 41.4 Å². The number of aliphatic imine (C=N–C) groups is 1. The highest BCUT2D eigenvalue weighted by Gasteiger charge is 2.25. The van der Waals surface area contributed by atoms with Crippen molar-refractivity contribution in [2.75, 3.05) is 12.8 Å². The molecule has 1 saturated carbocycles. The molecule has 1 aliphatic carbocycles. The lowest BCUT2D eigenvalue weighted by molar-refractivity contribution is 0.413. The van der Waals surface area contributed by atoms with Crippen molar-refractivity contribution in [3.05, 3.63) is 35.4 Å². The number of hydrogen-bond acceptors (Lipinski definition) is 3. The van der Waals surface area contributed by atoms with E-state index in [1.807, 2.05) is 31.2 Å². The standard InChI is InChI=1S/C18H26N4OS.HI/c1-3-24(23)17-6-4-5-16(11-17)22-18(20-2)21-13-15-9-7-14(12-19)8-10-15;/h7-10,16-17H,3-6,11,13H2,1-2H3,(H2,20,21,22);1H. The molecule has 2 rings (SSSR count). The summed E-state index contributed by atoms with van der Waals surface area (Å²) in [5.41, 5.74) is 1.77. The number of nitrogens with one attached hydrogen (secondary N) is 2. The molecule has 1 aromatic rings. The highest BCUT2D eigenvalue weighted by Crippen LogP contribution is 2.22. The minimum absolute atomic E-state index is 0. The average Bonchev–Trinajstić information content (AvgIpc) is 2.65. The van der Waals surface area contributed by atoms with E-state index in [0.29, 0.717) is 23.4 Å². The molecule has 0 saturated heterocycles. The Morgan fingerprint density at radius 1 is 1.36 bits per heavy atom. The largest absolute Gasteiger partial charge is 0.354 e. The first-order valence-corrected chi connectivity index (χ1v) is 9.87. The van der Waals surface area contributed by atoms with Crippen molar-refractivity contribution in [1.82, 2.24) is 10.6 Å². The van der Waals surface area contributed by atoms with Gasteiger partial charge in [-0.3, -0.25) is 9.20 Å². The summed E-state index contributed by atoms with van der Waals surface area (Å²) >= 11 is 0. The summed E-state index contributed by atoms with van der Waals surface area (Å²) in [4.78, 5) is 4.29. The summed E-state index contributed by atoms with van der Waals surface area (Å²) in [5, 5.41) is 15.9. The maximum atomic E-state index is 12.0. The van der Waals surface area contributed by atoms with Gasteiger partial charge in [-0.2, -0.15) is 5.26 Å². The first-order chi connectivity index (χ1) is 11.7. The van der Waals surface area contributed by atoms with Crippen LogP contribution in [0.3, 0.4) is 0 Å². The zero-order chi connectivity index (χ0) is 17.4.